The van der Waals surface area contributed by atoms with E-state index in [1.165, 1.54) is 24.5 Å². The van der Waals surface area contributed by atoms with Crippen molar-refractivity contribution in [2.24, 2.45) is 0 Å². The highest BCUT2D eigenvalue weighted by Crippen LogP contribution is 2.34. The van der Waals surface area contributed by atoms with E-state index in [0.717, 1.165) is 12.1 Å². The van der Waals surface area contributed by atoms with Gasteiger partial charge in [-0.25, -0.2) is 18.6 Å². The van der Waals surface area contributed by atoms with Gasteiger partial charge in [0.2, 0.25) is 0 Å². The number of benzene rings is 1. The Hall–Kier alpha value is -3.15. The van der Waals surface area contributed by atoms with Gasteiger partial charge in [0.1, 0.15) is 17.3 Å². The van der Waals surface area contributed by atoms with Crippen LogP contribution >= 0.6 is 0 Å². The van der Waals surface area contributed by atoms with Gasteiger partial charge in [0, 0.05) is 24.0 Å². The first-order valence-corrected chi connectivity index (χ1v) is 6.66. The van der Waals surface area contributed by atoms with Crippen molar-refractivity contribution in [1.82, 2.24) is 9.97 Å². The summed E-state index contributed by atoms with van der Waals surface area (Å²) in [7, 11) is 0. The predicted molar refractivity (Wildman–Crippen MR) is 79.8 cm³/mol. The molecule has 0 bridgehead atoms. The molecule has 0 saturated heterocycles. The number of rotatable bonds is 3. The Labute approximate surface area is 130 Å². The number of hydrogen-bond donors (Lipinski definition) is 1. The van der Waals surface area contributed by atoms with Crippen molar-refractivity contribution in [3.8, 4) is 22.4 Å². The molecule has 3 aromatic rings. The predicted octanol–water partition coefficient (Wildman–Crippen LogP) is 3.79. The minimum absolute atomic E-state index is 0.106. The van der Waals surface area contributed by atoms with E-state index in [9.17, 15) is 13.6 Å². The molecule has 0 unspecified atom stereocenters. The van der Waals surface area contributed by atoms with Gasteiger partial charge in [-0.1, -0.05) is 6.07 Å². The maximum Gasteiger partial charge on any atom is 0.354 e. The molecular weight excluding hydrogens is 302 g/mol. The molecule has 0 saturated carbocycles. The van der Waals surface area contributed by atoms with Crippen molar-refractivity contribution in [2.75, 3.05) is 0 Å². The van der Waals surface area contributed by atoms with Crippen molar-refractivity contribution in [3.05, 3.63) is 72.2 Å². The Balaban J connectivity index is 2.27. The normalized spacial score (nSPS) is 10.5. The molecule has 4 nitrogen and oxygen atoms in total. The molecule has 0 spiro atoms. The van der Waals surface area contributed by atoms with Crippen molar-refractivity contribution < 1.29 is 18.7 Å². The molecular formula is C17H10F2N2O2. The fraction of sp³-hybridized carbons (Fsp3) is 0. The monoisotopic (exact) mass is 312 g/mol. The van der Waals surface area contributed by atoms with Gasteiger partial charge >= 0.3 is 5.97 Å². The zero-order chi connectivity index (χ0) is 16.4. The number of halogens is 2. The first kappa shape index (κ1) is 14.8. The summed E-state index contributed by atoms with van der Waals surface area (Å²) < 4.78 is 28.0. The molecule has 6 heteroatoms. The topological polar surface area (TPSA) is 63.1 Å². The summed E-state index contributed by atoms with van der Waals surface area (Å²) in [4.78, 5) is 18.8. The van der Waals surface area contributed by atoms with Crippen LogP contribution in [0.4, 0.5) is 8.78 Å². The molecule has 0 aliphatic carbocycles. The third kappa shape index (κ3) is 2.91. The Bertz CT molecular complexity index is 883. The largest absolute Gasteiger partial charge is 0.477 e. The lowest BCUT2D eigenvalue weighted by molar-refractivity contribution is 0.0690. The minimum atomic E-state index is -1.22. The zero-order valence-electron chi connectivity index (χ0n) is 11.7. The first-order chi connectivity index (χ1) is 11.1. The van der Waals surface area contributed by atoms with E-state index < -0.39 is 17.6 Å². The maximum atomic E-state index is 14.3. The fourth-order valence-corrected chi connectivity index (χ4v) is 2.29. The second-order valence-corrected chi connectivity index (χ2v) is 4.76. The molecule has 0 aliphatic heterocycles. The van der Waals surface area contributed by atoms with Gasteiger partial charge < -0.3 is 5.11 Å². The van der Waals surface area contributed by atoms with E-state index in [4.69, 9.17) is 5.11 Å². The standard InChI is InChI=1S/C17H10F2N2O2/c18-11-8-12(10-4-6-21-15(7-10)17(22)23)16(13(19)9-11)14-3-1-2-5-20-14/h1-9H,(H,22,23). The average molecular weight is 312 g/mol. The number of nitrogens with zero attached hydrogens (tertiary/aromatic N) is 2. The molecule has 0 aliphatic rings. The lowest BCUT2D eigenvalue weighted by Crippen LogP contribution is -2.01. The number of carboxylic acid groups (broad SMARTS) is 1. The van der Waals surface area contributed by atoms with Crippen LogP contribution in [0.25, 0.3) is 22.4 Å². The molecule has 3 rings (SSSR count). The fourth-order valence-electron chi connectivity index (χ4n) is 2.29. The van der Waals surface area contributed by atoms with E-state index in [1.807, 2.05) is 0 Å². The average Bonchev–Trinajstić information content (AvgIpc) is 2.55. The number of pyridine rings is 2. The van der Waals surface area contributed by atoms with Crippen molar-refractivity contribution >= 4 is 5.97 Å². The van der Waals surface area contributed by atoms with Gasteiger partial charge in [0.15, 0.2) is 0 Å². The van der Waals surface area contributed by atoms with Gasteiger partial charge in [0.25, 0.3) is 0 Å². The molecule has 0 radical (unpaired) electrons. The quantitative estimate of drug-likeness (QED) is 0.799. The first-order valence-electron chi connectivity index (χ1n) is 6.66. The Morgan fingerprint density at radius 2 is 1.83 bits per heavy atom. The van der Waals surface area contributed by atoms with Crippen LogP contribution in [0.3, 0.4) is 0 Å². The van der Waals surface area contributed by atoms with Crippen LogP contribution in [0.5, 0.6) is 0 Å². The number of aromatic carboxylic acids is 1. The molecule has 2 heterocycles. The van der Waals surface area contributed by atoms with E-state index in [-0.39, 0.29) is 16.8 Å². The van der Waals surface area contributed by atoms with Gasteiger partial charge in [0.05, 0.1) is 5.69 Å². The lowest BCUT2D eigenvalue weighted by atomic mass is 9.96. The molecule has 0 amide bonds. The lowest BCUT2D eigenvalue weighted by Gasteiger charge is -2.11. The van der Waals surface area contributed by atoms with Gasteiger partial charge in [-0.3, -0.25) is 4.98 Å². The third-order valence-corrected chi connectivity index (χ3v) is 3.27. The summed E-state index contributed by atoms with van der Waals surface area (Å²) in [5, 5.41) is 9.03. The summed E-state index contributed by atoms with van der Waals surface area (Å²) >= 11 is 0. The van der Waals surface area contributed by atoms with Crippen LogP contribution < -0.4 is 0 Å². The molecule has 1 aromatic carbocycles. The summed E-state index contributed by atoms with van der Waals surface area (Å²) in [6.45, 7) is 0. The van der Waals surface area contributed by atoms with E-state index >= 15 is 0 Å². The molecule has 114 valence electrons. The van der Waals surface area contributed by atoms with Crippen LogP contribution in [-0.2, 0) is 0 Å². The number of aromatic nitrogens is 2. The van der Waals surface area contributed by atoms with Crippen LogP contribution in [0.2, 0.25) is 0 Å². The Morgan fingerprint density at radius 3 is 2.52 bits per heavy atom. The van der Waals surface area contributed by atoms with Gasteiger partial charge in [-0.05, 0) is 41.5 Å². The second kappa shape index (κ2) is 5.92. The summed E-state index contributed by atoms with van der Waals surface area (Å²) in [6.07, 6.45) is 2.78. The highest BCUT2D eigenvalue weighted by atomic mass is 19.1. The zero-order valence-corrected chi connectivity index (χ0v) is 11.7. The second-order valence-electron chi connectivity index (χ2n) is 4.76. The summed E-state index contributed by atoms with van der Waals surface area (Å²) in [5.41, 5.74) is 0.782. The third-order valence-electron chi connectivity index (χ3n) is 3.27. The Kier molecular flexibility index (Phi) is 3.80. The summed E-state index contributed by atoms with van der Waals surface area (Å²) in [6, 6.07) is 9.64. The number of carboxylic acids is 1. The van der Waals surface area contributed by atoms with Crippen LogP contribution in [0.1, 0.15) is 10.5 Å². The SMILES string of the molecule is O=C(O)c1cc(-c2cc(F)cc(F)c2-c2ccccn2)ccn1. The summed E-state index contributed by atoms with van der Waals surface area (Å²) in [5.74, 6) is -2.75. The Morgan fingerprint density at radius 1 is 1.00 bits per heavy atom. The number of carbonyl (C=O) groups is 1. The molecule has 0 atom stereocenters. The van der Waals surface area contributed by atoms with E-state index in [2.05, 4.69) is 9.97 Å². The maximum absolute atomic E-state index is 14.3. The van der Waals surface area contributed by atoms with Crippen LogP contribution in [-0.4, -0.2) is 21.0 Å². The molecule has 23 heavy (non-hydrogen) atoms. The number of hydrogen-bond acceptors (Lipinski definition) is 3. The highest BCUT2D eigenvalue weighted by molar-refractivity contribution is 5.89. The van der Waals surface area contributed by atoms with Crippen LogP contribution in [0, 0.1) is 11.6 Å². The van der Waals surface area contributed by atoms with Crippen molar-refractivity contribution in [3.63, 3.8) is 0 Å². The van der Waals surface area contributed by atoms with E-state index in [0.29, 0.717) is 11.3 Å². The van der Waals surface area contributed by atoms with Crippen molar-refractivity contribution in [1.29, 1.82) is 0 Å². The van der Waals surface area contributed by atoms with Gasteiger partial charge in [-0.2, -0.15) is 0 Å². The van der Waals surface area contributed by atoms with Crippen LogP contribution in [0.15, 0.2) is 54.9 Å². The molecule has 1 N–H and O–H groups in total. The van der Waals surface area contributed by atoms with Gasteiger partial charge in [-0.15, -0.1) is 0 Å². The van der Waals surface area contributed by atoms with Crippen molar-refractivity contribution in [2.45, 2.75) is 0 Å². The smallest absolute Gasteiger partial charge is 0.354 e. The molecule has 0 fully saturated rings. The van der Waals surface area contributed by atoms with E-state index in [1.54, 1.807) is 18.2 Å². The highest BCUT2D eigenvalue weighted by Gasteiger charge is 2.17. The molecule has 2 aromatic heterocycles. The minimum Gasteiger partial charge on any atom is -0.477 e.